The van der Waals surface area contributed by atoms with Crippen LogP contribution in [0.2, 0.25) is 0 Å². The van der Waals surface area contributed by atoms with Gasteiger partial charge in [-0.25, -0.2) is 4.39 Å². The van der Waals surface area contributed by atoms with Gasteiger partial charge in [0.25, 0.3) is 0 Å². The molecule has 240 valence electrons. The van der Waals surface area contributed by atoms with Gasteiger partial charge in [0.1, 0.15) is 17.4 Å². The van der Waals surface area contributed by atoms with Gasteiger partial charge in [0.05, 0.1) is 33.4 Å². The molecular weight excluding hydrogens is 602 g/mol. The zero-order valence-corrected chi connectivity index (χ0v) is 28.8. The van der Waals surface area contributed by atoms with Crippen molar-refractivity contribution < 1.29 is 4.39 Å². The van der Waals surface area contributed by atoms with Crippen LogP contribution in [0.1, 0.15) is 58.2 Å². The highest BCUT2D eigenvalue weighted by Crippen LogP contribution is 2.41. The number of benzene rings is 6. The van der Waals surface area contributed by atoms with Gasteiger partial charge < -0.3 is 9.13 Å². The second-order valence-corrected chi connectivity index (χ2v) is 15.2. The summed E-state index contributed by atoms with van der Waals surface area (Å²) in [6.07, 6.45) is 0. The molecule has 0 radical (unpaired) electrons. The van der Waals surface area contributed by atoms with Crippen LogP contribution in [-0.4, -0.2) is 9.13 Å². The largest absolute Gasteiger partial charge is 0.308 e. The average molecular weight is 640 g/mol. The summed E-state index contributed by atoms with van der Waals surface area (Å²) < 4.78 is 19.2. The van der Waals surface area contributed by atoms with Crippen LogP contribution in [0.5, 0.6) is 0 Å². The number of fused-ring (bicyclic) bond motifs is 6. The van der Waals surface area contributed by atoms with Gasteiger partial charge in [0.2, 0.25) is 0 Å². The van der Waals surface area contributed by atoms with E-state index in [1.807, 2.05) is 30.3 Å². The number of halogens is 1. The first-order valence-electron chi connectivity index (χ1n) is 16.9. The van der Waals surface area contributed by atoms with Crippen LogP contribution < -0.4 is 0 Å². The lowest BCUT2D eigenvalue weighted by Crippen LogP contribution is -2.10. The molecule has 0 spiro atoms. The summed E-state index contributed by atoms with van der Waals surface area (Å²) in [5, 5.41) is 15.7. The second kappa shape index (κ2) is 10.9. The number of rotatable bonds is 3. The normalized spacial score (nSPS) is 12.4. The van der Waals surface area contributed by atoms with E-state index in [1.54, 1.807) is 12.1 Å². The molecule has 0 amide bonds. The van der Waals surface area contributed by atoms with Crippen LogP contribution in [0.25, 0.3) is 66.1 Å². The highest BCUT2D eigenvalue weighted by atomic mass is 19.1. The molecule has 0 aliphatic rings. The molecule has 49 heavy (non-hydrogen) atoms. The van der Waals surface area contributed by atoms with Crippen molar-refractivity contribution in [2.24, 2.45) is 0 Å². The number of hydrogen-bond acceptors (Lipinski definition) is 1. The number of nitriles is 1. The Labute approximate surface area is 286 Å². The summed E-state index contributed by atoms with van der Waals surface area (Å²) in [6.45, 7) is 13.4. The monoisotopic (exact) mass is 639 g/mol. The van der Waals surface area contributed by atoms with Crippen molar-refractivity contribution in [3.05, 3.63) is 144 Å². The zero-order chi connectivity index (χ0) is 34.2. The molecule has 8 aromatic rings. The van der Waals surface area contributed by atoms with E-state index >= 15 is 0 Å². The summed E-state index contributed by atoms with van der Waals surface area (Å²) in [5.41, 5.74) is 10.1. The quantitative estimate of drug-likeness (QED) is 0.189. The summed E-state index contributed by atoms with van der Waals surface area (Å²) in [5.74, 6) is -0.303. The maximum absolute atomic E-state index is 14.8. The maximum Gasteiger partial charge on any atom is 0.123 e. The molecule has 2 aromatic heterocycles. The molecule has 0 aliphatic carbocycles. The minimum atomic E-state index is -0.303. The van der Waals surface area contributed by atoms with Crippen molar-refractivity contribution in [3.8, 4) is 28.6 Å². The SMILES string of the molecule is CC(C)(C)c1ccc2c(c1)c1ccccc1n2-c1cc(-c2cccc(F)c2)cc(-n2c3ccccc3c3cc(C(C)(C)C)ccc32)c1C#N. The third kappa shape index (κ3) is 4.92. The van der Waals surface area contributed by atoms with Crippen molar-refractivity contribution in [2.75, 3.05) is 0 Å². The molecule has 8 rings (SSSR count). The summed E-state index contributed by atoms with van der Waals surface area (Å²) in [7, 11) is 0. The highest BCUT2D eigenvalue weighted by Gasteiger charge is 2.24. The Balaban J connectivity index is 1.53. The smallest absolute Gasteiger partial charge is 0.123 e. The van der Waals surface area contributed by atoms with Crippen molar-refractivity contribution in [3.63, 3.8) is 0 Å². The molecular formula is C45H38FN3. The molecule has 0 saturated carbocycles. The third-order valence-electron chi connectivity index (χ3n) is 9.93. The fraction of sp³-hybridized carbons (Fsp3) is 0.178. The van der Waals surface area contributed by atoms with Gasteiger partial charge in [-0.05, 0) is 93.7 Å². The van der Waals surface area contributed by atoms with Crippen molar-refractivity contribution in [1.29, 1.82) is 5.26 Å². The molecule has 0 saturated heterocycles. The Morgan fingerprint density at radius 3 is 1.41 bits per heavy atom. The highest BCUT2D eigenvalue weighted by molar-refractivity contribution is 6.11. The Morgan fingerprint density at radius 2 is 0.959 bits per heavy atom. The zero-order valence-electron chi connectivity index (χ0n) is 28.8. The van der Waals surface area contributed by atoms with Gasteiger partial charge in [-0.3, -0.25) is 0 Å². The number of aromatic nitrogens is 2. The van der Waals surface area contributed by atoms with Gasteiger partial charge in [-0.2, -0.15) is 5.26 Å². The van der Waals surface area contributed by atoms with E-state index in [0.717, 1.165) is 66.1 Å². The molecule has 0 unspecified atom stereocenters. The predicted molar refractivity (Wildman–Crippen MR) is 203 cm³/mol. The number of hydrogen-bond donors (Lipinski definition) is 0. The van der Waals surface area contributed by atoms with Crippen molar-refractivity contribution in [2.45, 2.75) is 52.4 Å². The first-order chi connectivity index (χ1) is 23.4. The Kier molecular flexibility index (Phi) is 6.84. The Bertz CT molecular complexity index is 2500. The van der Waals surface area contributed by atoms with Crippen LogP contribution in [0.3, 0.4) is 0 Å². The van der Waals surface area contributed by atoms with E-state index in [4.69, 9.17) is 0 Å². The van der Waals surface area contributed by atoms with Gasteiger partial charge in [-0.1, -0.05) is 102 Å². The Morgan fingerprint density at radius 1 is 0.490 bits per heavy atom. The van der Waals surface area contributed by atoms with Crippen LogP contribution in [0.4, 0.5) is 4.39 Å². The van der Waals surface area contributed by atoms with Gasteiger partial charge in [0, 0.05) is 21.5 Å². The predicted octanol–water partition coefficient (Wildman–Crippen LogP) is 12.2. The molecule has 2 heterocycles. The van der Waals surface area contributed by atoms with E-state index in [9.17, 15) is 9.65 Å². The molecule has 3 nitrogen and oxygen atoms in total. The van der Waals surface area contributed by atoms with E-state index in [2.05, 4.69) is 130 Å². The van der Waals surface area contributed by atoms with E-state index in [-0.39, 0.29) is 16.6 Å². The summed E-state index contributed by atoms with van der Waals surface area (Å²) >= 11 is 0. The average Bonchev–Trinajstić information content (AvgIpc) is 3.59. The minimum absolute atomic E-state index is 0.0247. The van der Waals surface area contributed by atoms with Gasteiger partial charge in [0.15, 0.2) is 0 Å². The van der Waals surface area contributed by atoms with E-state index < -0.39 is 0 Å². The minimum Gasteiger partial charge on any atom is -0.308 e. The van der Waals surface area contributed by atoms with Gasteiger partial charge >= 0.3 is 0 Å². The fourth-order valence-electron chi connectivity index (χ4n) is 7.31. The lowest BCUT2D eigenvalue weighted by molar-refractivity contribution is 0.591. The second-order valence-electron chi connectivity index (χ2n) is 15.2. The molecule has 0 atom stereocenters. The van der Waals surface area contributed by atoms with Gasteiger partial charge in [-0.15, -0.1) is 0 Å². The number of para-hydroxylation sites is 2. The molecule has 0 fully saturated rings. The molecule has 0 N–H and O–H groups in total. The van der Waals surface area contributed by atoms with Crippen molar-refractivity contribution >= 4 is 43.6 Å². The summed E-state index contributed by atoms with van der Waals surface area (Å²) in [4.78, 5) is 0. The van der Waals surface area contributed by atoms with Crippen molar-refractivity contribution in [1.82, 2.24) is 9.13 Å². The van der Waals surface area contributed by atoms with E-state index in [1.165, 1.54) is 17.2 Å². The first kappa shape index (κ1) is 30.7. The number of nitrogens with zero attached hydrogens (tertiary/aromatic N) is 3. The Hall–Kier alpha value is -5.66. The van der Waals surface area contributed by atoms with Crippen LogP contribution in [0, 0.1) is 17.1 Å². The standard InChI is InChI=1S/C45H38FN3/c1-44(2,3)30-18-20-40-35(25-30)33-14-7-9-16-38(33)48(40)42-23-29(28-12-11-13-32(46)22-28)24-43(37(42)27-47)49-39-17-10-8-15-34(39)36-26-31(45(4,5)6)19-21-41(36)49/h7-26H,1-6H3. The van der Waals surface area contributed by atoms with Crippen LogP contribution >= 0.6 is 0 Å². The summed E-state index contributed by atoms with van der Waals surface area (Å²) in [6, 6.07) is 43.6. The fourth-order valence-corrected chi connectivity index (χ4v) is 7.31. The molecule has 0 aliphatic heterocycles. The lowest BCUT2D eigenvalue weighted by atomic mass is 9.86. The molecule has 0 bridgehead atoms. The van der Waals surface area contributed by atoms with E-state index in [0.29, 0.717) is 5.56 Å². The maximum atomic E-state index is 14.8. The first-order valence-corrected chi connectivity index (χ1v) is 16.9. The topological polar surface area (TPSA) is 33.6 Å². The van der Waals surface area contributed by atoms with Crippen LogP contribution in [0.15, 0.2) is 121 Å². The molecule has 4 heteroatoms. The molecule has 6 aromatic carbocycles. The third-order valence-corrected chi connectivity index (χ3v) is 9.93. The van der Waals surface area contributed by atoms with Crippen LogP contribution in [-0.2, 0) is 10.8 Å². The lowest BCUT2D eigenvalue weighted by Gasteiger charge is -2.20.